The van der Waals surface area contributed by atoms with E-state index < -0.39 is 0 Å². The van der Waals surface area contributed by atoms with E-state index in [0.717, 1.165) is 19.3 Å². The zero-order valence-electron chi connectivity index (χ0n) is 9.38. The highest BCUT2D eigenvalue weighted by molar-refractivity contribution is 5.73. The highest BCUT2D eigenvalue weighted by Crippen LogP contribution is 2.31. The molecular weight excluding hydrogens is 178 g/mol. The first kappa shape index (κ1) is 11.5. The maximum absolute atomic E-state index is 11.7. The average Bonchev–Trinajstić information content (AvgIpc) is 2.48. The van der Waals surface area contributed by atoms with Crippen molar-refractivity contribution < 1.29 is 9.53 Å². The molecule has 1 unspecified atom stereocenters. The topological polar surface area (TPSA) is 52.3 Å². The molecule has 0 aromatic carbocycles. The van der Waals surface area contributed by atoms with E-state index in [1.54, 1.807) is 0 Å². The lowest BCUT2D eigenvalue weighted by Crippen LogP contribution is -2.28. The number of hydrogen-bond donors (Lipinski definition) is 1. The van der Waals surface area contributed by atoms with Crippen molar-refractivity contribution in [2.75, 3.05) is 6.54 Å². The number of esters is 1. The van der Waals surface area contributed by atoms with Crippen LogP contribution in [0.5, 0.6) is 0 Å². The van der Waals surface area contributed by atoms with Crippen LogP contribution >= 0.6 is 0 Å². The molecule has 3 nitrogen and oxygen atoms in total. The Labute approximate surface area is 86.0 Å². The molecule has 2 N–H and O–H groups in total. The molecule has 14 heavy (non-hydrogen) atoms. The van der Waals surface area contributed by atoms with Crippen LogP contribution in [0.1, 0.15) is 40.0 Å². The lowest BCUT2D eigenvalue weighted by Gasteiger charge is -2.22. The molecule has 0 aliphatic heterocycles. The maximum atomic E-state index is 11.7. The Balaban J connectivity index is 2.40. The van der Waals surface area contributed by atoms with Crippen LogP contribution in [0.3, 0.4) is 0 Å². The first-order valence-corrected chi connectivity index (χ1v) is 5.35. The summed E-state index contributed by atoms with van der Waals surface area (Å²) in [6, 6.07) is 0. The molecule has 2 atom stereocenters. The van der Waals surface area contributed by atoms with E-state index in [9.17, 15) is 4.79 Å². The van der Waals surface area contributed by atoms with Crippen molar-refractivity contribution in [1.29, 1.82) is 0 Å². The Hall–Kier alpha value is -0.570. The normalized spacial score (nSPS) is 27.7. The largest absolute Gasteiger partial charge is 0.460 e. The van der Waals surface area contributed by atoms with Gasteiger partial charge in [-0.3, -0.25) is 4.79 Å². The van der Waals surface area contributed by atoms with Gasteiger partial charge in [0.15, 0.2) is 0 Å². The minimum Gasteiger partial charge on any atom is -0.460 e. The van der Waals surface area contributed by atoms with Crippen LogP contribution in [0.4, 0.5) is 0 Å². The van der Waals surface area contributed by atoms with Gasteiger partial charge in [0.25, 0.3) is 0 Å². The fourth-order valence-corrected chi connectivity index (χ4v) is 1.89. The molecule has 0 aromatic rings. The van der Waals surface area contributed by atoms with Gasteiger partial charge in [-0.1, -0.05) is 0 Å². The third-order valence-electron chi connectivity index (χ3n) is 2.61. The second-order valence-electron chi connectivity index (χ2n) is 5.15. The second-order valence-corrected chi connectivity index (χ2v) is 5.15. The van der Waals surface area contributed by atoms with Crippen molar-refractivity contribution in [3.05, 3.63) is 0 Å². The molecule has 1 fully saturated rings. The maximum Gasteiger partial charge on any atom is 0.309 e. The van der Waals surface area contributed by atoms with Gasteiger partial charge in [-0.15, -0.1) is 0 Å². The van der Waals surface area contributed by atoms with Crippen molar-refractivity contribution in [3.8, 4) is 0 Å². The summed E-state index contributed by atoms with van der Waals surface area (Å²) in [7, 11) is 0. The van der Waals surface area contributed by atoms with E-state index in [1.807, 2.05) is 20.8 Å². The van der Waals surface area contributed by atoms with Crippen molar-refractivity contribution >= 4 is 5.97 Å². The van der Waals surface area contributed by atoms with E-state index in [1.165, 1.54) is 0 Å². The molecule has 0 heterocycles. The smallest absolute Gasteiger partial charge is 0.309 e. The second kappa shape index (κ2) is 4.30. The van der Waals surface area contributed by atoms with E-state index in [2.05, 4.69) is 0 Å². The summed E-state index contributed by atoms with van der Waals surface area (Å²) in [4.78, 5) is 11.7. The fraction of sp³-hybridized carbons (Fsp3) is 0.909. The number of nitrogens with two attached hydrogens (primary N) is 1. The van der Waals surface area contributed by atoms with Crippen LogP contribution in [-0.2, 0) is 9.53 Å². The van der Waals surface area contributed by atoms with Gasteiger partial charge >= 0.3 is 5.97 Å². The number of rotatable bonds is 2. The van der Waals surface area contributed by atoms with Gasteiger partial charge in [-0.25, -0.2) is 0 Å². The molecule has 1 saturated carbocycles. The average molecular weight is 199 g/mol. The van der Waals surface area contributed by atoms with E-state index in [-0.39, 0.29) is 17.5 Å². The molecule has 1 aliphatic carbocycles. The molecule has 0 spiro atoms. The highest BCUT2D eigenvalue weighted by Gasteiger charge is 2.32. The molecule has 1 rings (SSSR count). The third-order valence-corrected chi connectivity index (χ3v) is 2.61. The minimum absolute atomic E-state index is 0.0477. The summed E-state index contributed by atoms with van der Waals surface area (Å²) in [6.07, 6.45) is 2.92. The van der Waals surface area contributed by atoms with Crippen molar-refractivity contribution in [1.82, 2.24) is 0 Å². The van der Waals surface area contributed by atoms with Gasteiger partial charge in [-0.05, 0) is 52.5 Å². The lowest BCUT2D eigenvalue weighted by atomic mass is 10.0. The zero-order valence-corrected chi connectivity index (χ0v) is 9.38. The summed E-state index contributed by atoms with van der Waals surface area (Å²) in [5, 5.41) is 0. The SMILES string of the molecule is CC(C)(C)OC(=O)C1CC[C@@H](CN)C1. The zero-order chi connectivity index (χ0) is 10.8. The van der Waals surface area contributed by atoms with Crippen LogP contribution in [0.25, 0.3) is 0 Å². The number of carbonyl (C=O) groups is 1. The van der Waals surface area contributed by atoms with Crippen LogP contribution in [-0.4, -0.2) is 18.1 Å². The molecule has 0 saturated heterocycles. The van der Waals surface area contributed by atoms with Crippen molar-refractivity contribution in [2.24, 2.45) is 17.6 Å². The predicted molar refractivity (Wildman–Crippen MR) is 55.7 cm³/mol. The lowest BCUT2D eigenvalue weighted by molar-refractivity contribution is -0.159. The van der Waals surface area contributed by atoms with Crippen LogP contribution in [0.15, 0.2) is 0 Å². The molecule has 0 bridgehead atoms. The Bertz CT molecular complexity index is 208. The third kappa shape index (κ3) is 3.29. The molecule has 82 valence electrons. The first-order chi connectivity index (χ1) is 6.42. The number of carbonyl (C=O) groups excluding carboxylic acids is 1. The van der Waals surface area contributed by atoms with Gasteiger partial charge in [0.1, 0.15) is 5.60 Å². The van der Waals surface area contributed by atoms with Gasteiger partial charge in [0.2, 0.25) is 0 Å². The van der Waals surface area contributed by atoms with E-state index in [4.69, 9.17) is 10.5 Å². The van der Waals surface area contributed by atoms with Gasteiger partial charge in [0.05, 0.1) is 5.92 Å². The Kier molecular flexibility index (Phi) is 3.53. The molecule has 3 heteroatoms. The van der Waals surface area contributed by atoms with Crippen molar-refractivity contribution in [3.63, 3.8) is 0 Å². The summed E-state index contributed by atoms with van der Waals surface area (Å²) in [6.45, 7) is 6.40. The standard InChI is InChI=1S/C11H21NO2/c1-11(2,3)14-10(13)9-5-4-8(6-9)7-12/h8-9H,4-7,12H2,1-3H3/t8-,9?/m1/s1. The summed E-state index contributed by atoms with van der Waals surface area (Å²) >= 11 is 0. The molecular formula is C11H21NO2. The molecule has 1 aliphatic rings. The number of hydrogen-bond acceptors (Lipinski definition) is 3. The Morgan fingerprint density at radius 2 is 2.07 bits per heavy atom. The quantitative estimate of drug-likeness (QED) is 0.689. The van der Waals surface area contributed by atoms with Gasteiger partial charge in [0, 0.05) is 0 Å². The van der Waals surface area contributed by atoms with Gasteiger partial charge < -0.3 is 10.5 Å². The minimum atomic E-state index is -0.363. The summed E-state index contributed by atoms with van der Waals surface area (Å²) < 4.78 is 5.33. The summed E-state index contributed by atoms with van der Waals surface area (Å²) in [5.41, 5.74) is 5.21. The highest BCUT2D eigenvalue weighted by atomic mass is 16.6. The Morgan fingerprint density at radius 1 is 1.43 bits per heavy atom. The van der Waals surface area contributed by atoms with Crippen LogP contribution in [0.2, 0.25) is 0 Å². The molecule has 0 radical (unpaired) electrons. The fourth-order valence-electron chi connectivity index (χ4n) is 1.89. The van der Waals surface area contributed by atoms with Crippen LogP contribution < -0.4 is 5.73 Å². The molecule has 0 amide bonds. The van der Waals surface area contributed by atoms with Gasteiger partial charge in [-0.2, -0.15) is 0 Å². The predicted octanol–water partition coefficient (Wildman–Crippen LogP) is 1.70. The monoisotopic (exact) mass is 199 g/mol. The Morgan fingerprint density at radius 3 is 2.50 bits per heavy atom. The number of ether oxygens (including phenoxy) is 1. The van der Waals surface area contributed by atoms with Crippen LogP contribution in [0, 0.1) is 11.8 Å². The summed E-state index contributed by atoms with van der Waals surface area (Å²) in [5.74, 6) is 0.559. The van der Waals surface area contributed by atoms with Crippen molar-refractivity contribution in [2.45, 2.75) is 45.6 Å². The van der Waals surface area contributed by atoms with E-state index in [0.29, 0.717) is 12.5 Å². The first-order valence-electron chi connectivity index (χ1n) is 5.35. The molecule has 0 aromatic heterocycles. The van der Waals surface area contributed by atoms with E-state index >= 15 is 0 Å².